The van der Waals surface area contributed by atoms with Gasteiger partial charge in [0.05, 0.1) is 16.9 Å². The number of anilines is 2. The fraction of sp³-hybridized carbons (Fsp3) is 0.185. The number of benzene rings is 2. The summed E-state index contributed by atoms with van der Waals surface area (Å²) in [7, 11) is 0. The molecule has 32 heavy (non-hydrogen) atoms. The molecule has 160 valence electrons. The summed E-state index contributed by atoms with van der Waals surface area (Å²) in [4.78, 5) is 20.8. The lowest BCUT2D eigenvalue weighted by Gasteiger charge is -2.28. The van der Waals surface area contributed by atoms with Gasteiger partial charge in [-0.2, -0.15) is 0 Å². The predicted molar refractivity (Wildman–Crippen MR) is 127 cm³/mol. The van der Waals surface area contributed by atoms with Crippen LogP contribution < -0.4 is 10.1 Å². The predicted octanol–water partition coefficient (Wildman–Crippen LogP) is 6.77. The van der Waals surface area contributed by atoms with E-state index in [9.17, 15) is 4.79 Å². The Morgan fingerprint density at radius 3 is 2.47 bits per heavy atom. The van der Waals surface area contributed by atoms with Gasteiger partial charge in [-0.3, -0.25) is 9.78 Å². The van der Waals surface area contributed by atoms with Gasteiger partial charge in [0.25, 0.3) is 0 Å². The van der Waals surface area contributed by atoms with Gasteiger partial charge in [0, 0.05) is 41.8 Å². The van der Waals surface area contributed by atoms with Gasteiger partial charge >= 0.3 is 0 Å². The van der Waals surface area contributed by atoms with Gasteiger partial charge in [-0.15, -0.1) is 0 Å². The first-order valence-electron chi connectivity index (χ1n) is 10.8. The normalized spacial score (nSPS) is 14.6. The second kappa shape index (κ2) is 8.00. The number of carbonyl (C=O) groups is 1. The van der Waals surface area contributed by atoms with Crippen LogP contribution in [0.4, 0.5) is 11.4 Å². The Morgan fingerprint density at radius 1 is 0.938 bits per heavy atom. The molecule has 2 aromatic carbocycles. The van der Waals surface area contributed by atoms with Gasteiger partial charge in [0.1, 0.15) is 11.5 Å². The average molecular weight is 424 g/mol. The topological polar surface area (TPSA) is 67.0 Å². The van der Waals surface area contributed by atoms with Crippen LogP contribution >= 0.6 is 0 Å². The minimum absolute atomic E-state index is 0.0643. The van der Waals surface area contributed by atoms with Crippen LogP contribution in [0.15, 0.2) is 79.1 Å². The number of H-pyrrole nitrogens is 1. The number of hydrogen-bond donors (Lipinski definition) is 2. The molecular weight excluding hydrogens is 398 g/mol. The zero-order chi connectivity index (χ0) is 22.1. The fourth-order valence-corrected chi connectivity index (χ4v) is 4.32. The van der Waals surface area contributed by atoms with Crippen LogP contribution in [0, 0.1) is 5.41 Å². The molecule has 1 aliphatic rings. The van der Waals surface area contributed by atoms with Crippen molar-refractivity contribution in [1.29, 1.82) is 0 Å². The van der Waals surface area contributed by atoms with Crippen molar-refractivity contribution in [1.82, 2.24) is 9.97 Å². The first kappa shape index (κ1) is 20.1. The van der Waals surface area contributed by atoms with Gasteiger partial charge in [-0.1, -0.05) is 38.1 Å². The molecule has 2 aromatic heterocycles. The lowest BCUT2D eigenvalue weighted by Crippen LogP contribution is -2.26. The Hall–Kier alpha value is -3.86. The van der Waals surface area contributed by atoms with Gasteiger partial charge in [-0.05, 0) is 48.2 Å². The van der Waals surface area contributed by atoms with Crippen LogP contribution in [0.1, 0.15) is 36.3 Å². The summed E-state index contributed by atoms with van der Waals surface area (Å²) < 4.78 is 5.99. The van der Waals surface area contributed by atoms with Crippen molar-refractivity contribution in [3.63, 3.8) is 0 Å². The van der Waals surface area contributed by atoms with E-state index >= 15 is 0 Å². The molecule has 5 rings (SSSR count). The van der Waals surface area contributed by atoms with E-state index in [1.807, 2.05) is 66.7 Å². The second-order valence-corrected chi connectivity index (χ2v) is 8.97. The SMILES string of the molecule is CC1(C)CC(=O)c2c([nH]c(-c3ccncc3)c2Nc2cccc(Oc3ccccc3)c2)C1. The number of aromatic amines is 1. The summed E-state index contributed by atoms with van der Waals surface area (Å²) >= 11 is 0. The molecule has 1 aliphatic carbocycles. The Morgan fingerprint density at radius 2 is 1.69 bits per heavy atom. The zero-order valence-corrected chi connectivity index (χ0v) is 18.2. The maximum atomic E-state index is 13.2. The second-order valence-electron chi connectivity index (χ2n) is 8.97. The van der Waals surface area contributed by atoms with Crippen molar-refractivity contribution in [2.24, 2.45) is 5.41 Å². The van der Waals surface area contributed by atoms with Crippen LogP contribution in [0.25, 0.3) is 11.3 Å². The van der Waals surface area contributed by atoms with E-state index in [4.69, 9.17) is 4.74 Å². The number of ketones is 1. The largest absolute Gasteiger partial charge is 0.457 e. The van der Waals surface area contributed by atoms with E-state index in [0.717, 1.165) is 51.8 Å². The number of rotatable bonds is 5. The number of hydrogen-bond acceptors (Lipinski definition) is 4. The maximum absolute atomic E-state index is 13.2. The summed E-state index contributed by atoms with van der Waals surface area (Å²) in [5, 5.41) is 3.51. The monoisotopic (exact) mass is 423 g/mol. The zero-order valence-electron chi connectivity index (χ0n) is 18.2. The third kappa shape index (κ3) is 4.02. The highest BCUT2D eigenvalue weighted by Crippen LogP contribution is 2.43. The van der Waals surface area contributed by atoms with E-state index in [1.165, 1.54) is 0 Å². The van der Waals surface area contributed by atoms with E-state index in [2.05, 4.69) is 29.1 Å². The molecule has 4 aromatic rings. The minimum Gasteiger partial charge on any atom is -0.457 e. The molecule has 5 nitrogen and oxygen atoms in total. The highest BCUT2D eigenvalue weighted by atomic mass is 16.5. The van der Waals surface area contributed by atoms with E-state index < -0.39 is 0 Å². The Kier molecular flexibility index (Phi) is 5.02. The van der Waals surface area contributed by atoms with Gasteiger partial charge in [0.15, 0.2) is 5.78 Å². The first-order valence-corrected chi connectivity index (χ1v) is 10.8. The van der Waals surface area contributed by atoms with Crippen LogP contribution in [-0.4, -0.2) is 15.8 Å². The van der Waals surface area contributed by atoms with Crippen molar-refractivity contribution >= 4 is 17.2 Å². The number of ether oxygens (including phenoxy) is 1. The molecule has 0 fully saturated rings. The molecule has 0 atom stereocenters. The van der Waals surface area contributed by atoms with E-state index in [1.54, 1.807) is 12.4 Å². The van der Waals surface area contributed by atoms with Crippen LogP contribution in [-0.2, 0) is 6.42 Å². The number of carbonyl (C=O) groups excluding carboxylic acids is 1. The summed E-state index contributed by atoms with van der Waals surface area (Å²) in [6.45, 7) is 4.27. The smallest absolute Gasteiger partial charge is 0.167 e. The molecule has 0 radical (unpaired) electrons. The first-order chi connectivity index (χ1) is 15.5. The number of nitrogens with one attached hydrogen (secondary N) is 2. The van der Waals surface area contributed by atoms with Crippen LogP contribution in [0.3, 0.4) is 0 Å². The van der Waals surface area contributed by atoms with Crippen LogP contribution in [0.5, 0.6) is 11.5 Å². The van der Waals surface area contributed by atoms with Crippen LogP contribution in [0.2, 0.25) is 0 Å². The number of aromatic nitrogens is 2. The minimum atomic E-state index is -0.0643. The Labute approximate surface area is 187 Å². The molecule has 2 N–H and O–H groups in total. The summed E-state index contributed by atoms with van der Waals surface area (Å²) in [5.74, 6) is 1.66. The lowest BCUT2D eigenvalue weighted by atomic mass is 9.76. The molecule has 0 saturated carbocycles. The lowest BCUT2D eigenvalue weighted by molar-refractivity contribution is 0.0912. The van der Waals surface area contributed by atoms with Crippen molar-refractivity contribution in [3.05, 3.63) is 90.4 Å². The number of nitrogens with zero attached hydrogens (tertiary/aromatic N) is 1. The quantitative estimate of drug-likeness (QED) is 0.372. The van der Waals surface area contributed by atoms with Gasteiger partial charge in [0.2, 0.25) is 0 Å². The number of pyridine rings is 1. The molecule has 5 heteroatoms. The number of para-hydroxylation sites is 1. The molecule has 0 amide bonds. The van der Waals surface area contributed by atoms with Crippen molar-refractivity contribution < 1.29 is 9.53 Å². The maximum Gasteiger partial charge on any atom is 0.167 e. The summed E-state index contributed by atoms with van der Waals surface area (Å²) in [6.07, 6.45) is 4.88. The third-order valence-electron chi connectivity index (χ3n) is 5.70. The Balaban J connectivity index is 1.54. The van der Waals surface area contributed by atoms with E-state index in [0.29, 0.717) is 6.42 Å². The third-order valence-corrected chi connectivity index (χ3v) is 5.70. The van der Waals surface area contributed by atoms with Crippen molar-refractivity contribution in [3.8, 4) is 22.8 Å². The standard InChI is InChI=1S/C27H25N3O2/c1-27(2)16-22-24(23(31)17-27)26(25(30-22)18-11-13-28-14-12-18)29-19-7-6-10-21(15-19)32-20-8-4-3-5-9-20/h3-15,29-30H,16-17H2,1-2H3. The highest BCUT2D eigenvalue weighted by Gasteiger charge is 2.35. The molecule has 0 bridgehead atoms. The highest BCUT2D eigenvalue weighted by molar-refractivity contribution is 6.07. The molecular formula is C27H25N3O2. The van der Waals surface area contributed by atoms with Crippen molar-refractivity contribution in [2.45, 2.75) is 26.7 Å². The summed E-state index contributed by atoms with van der Waals surface area (Å²) in [6, 6.07) is 21.4. The fourth-order valence-electron chi connectivity index (χ4n) is 4.32. The number of fused-ring (bicyclic) bond motifs is 1. The molecule has 0 saturated heterocycles. The summed E-state index contributed by atoms with van der Waals surface area (Å²) in [5.41, 5.74) is 5.22. The van der Waals surface area contributed by atoms with Crippen molar-refractivity contribution in [2.75, 3.05) is 5.32 Å². The molecule has 2 heterocycles. The molecule has 0 unspecified atom stereocenters. The van der Waals surface area contributed by atoms with Gasteiger partial charge < -0.3 is 15.0 Å². The van der Waals surface area contributed by atoms with E-state index in [-0.39, 0.29) is 11.2 Å². The molecule has 0 spiro atoms. The average Bonchev–Trinajstić information content (AvgIpc) is 3.12. The van der Waals surface area contributed by atoms with Gasteiger partial charge in [-0.25, -0.2) is 0 Å². The number of Topliss-reactive ketones (excluding diaryl/α,β-unsaturated/α-hetero) is 1. The Bertz CT molecular complexity index is 1260. The molecule has 0 aliphatic heterocycles.